The van der Waals surface area contributed by atoms with Crippen LogP contribution in [0, 0.1) is 6.92 Å². The highest BCUT2D eigenvalue weighted by Crippen LogP contribution is 2.35. The molecule has 1 aromatic carbocycles. The molecule has 0 spiro atoms. The van der Waals surface area contributed by atoms with Gasteiger partial charge < -0.3 is 24.4 Å². The Bertz CT molecular complexity index is 1080. The predicted molar refractivity (Wildman–Crippen MR) is 127 cm³/mol. The largest absolute Gasteiger partial charge is 0.459 e. The monoisotopic (exact) mass is 472 g/mol. The Kier molecular flexibility index (Phi) is 7.75. The summed E-state index contributed by atoms with van der Waals surface area (Å²) in [6.45, 7) is 10.2. The van der Waals surface area contributed by atoms with Gasteiger partial charge in [0.2, 0.25) is 12.7 Å². The molecule has 0 radical (unpaired) electrons. The first-order valence-corrected chi connectivity index (χ1v) is 11.6. The van der Waals surface area contributed by atoms with Gasteiger partial charge in [0.25, 0.3) is 5.91 Å². The van der Waals surface area contributed by atoms with Crippen molar-refractivity contribution in [1.82, 2.24) is 4.90 Å². The van der Waals surface area contributed by atoms with Crippen LogP contribution in [0.2, 0.25) is 0 Å². The zero-order chi connectivity index (χ0) is 24.1. The van der Waals surface area contributed by atoms with E-state index < -0.39 is 11.9 Å². The van der Waals surface area contributed by atoms with Gasteiger partial charge in [0, 0.05) is 19.2 Å². The minimum absolute atomic E-state index is 0.171. The molecule has 3 rings (SSSR count). The molecule has 9 heteroatoms. The summed E-state index contributed by atoms with van der Waals surface area (Å²) in [7, 11) is 0. The van der Waals surface area contributed by atoms with Gasteiger partial charge in [-0.3, -0.25) is 9.59 Å². The molecule has 2 aromatic rings. The maximum absolute atomic E-state index is 13.0. The Labute approximate surface area is 197 Å². The number of hydrogen-bond donors (Lipinski definition) is 1. The molecule has 0 fully saturated rings. The number of esters is 1. The molecule has 0 bridgehead atoms. The van der Waals surface area contributed by atoms with Crippen molar-refractivity contribution >= 4 is 40.2 Å². The highest BCUT2D eigenvalue weighted by Gasteiger charge is 2.28. The first kappa shape index (κ1) is 24.3. The Morgan fingerprint density at radius 2 is 1.88 bits per heavy atom. The lowest BCUT2D eigenvalue weighted by atomic mass is 10.1. The van der Waals surface area contributed by atoms with Crippen LogP contribution in [0.1, 0.15) is 58.9 Å². The van der Waals surface area contributed by atoms with Crippen LogP contribution in [0.3, 0.4) is 0 Å². The van der Waals surface area contributed by atoms with Crippen molar-refractivity contribution in [3.8, 4) is 11.5 Å². The van der Waals surface area contributed by atoms with Crippen LogP contribution in [0.4, 0.5) is 5.00 Å². The third kappa shape index (κ3) is 5.54. The number of anilines is 1. The van der Waals surface area contributed by atoms with E-state index in [-0.39, 0.29) is 29.4 Å². The molecule has 0 unspecified atom stereocenters. The number of carbonyl (C=O) groups excluding carboxylic acids is 3. The summed E-state index contributed by atoms with van der Waals surface area (Å²) < 4.78 is 16.0. The van der Waals surface area contributed by atoms with Crippen molar-refractivity contribution in [2.75, 3.05) is 25.2 Å². The molecule has 2 heterocycles. The lowest BCUT2D eigenvalue weighted by Crippen LogP contribution is -2.30. The van der Waals surface area contributed by atoms with Crippen LogP contribution < -0.4 is 14.8 Å². The molecule has 0 saturated carbocycles. The molecule has 1 aliphatic rings. The Morgan fingerprint density at radius 3 is 2.55 bits per heavy atom. The molecular weight excluding hydrogens is 444 g/mol. The molecule has 1 aliphatic heterocycles. The predicted octanol–water partition coefficient (Wildman–Crippen LogP) is 4.48. The number of nitrogens with zero attached hydrogens (tertiary/aromatic N) is 1. The maximum atomic E-state index is 13.0. The zero-order valence-corrected chi connectivity index (χ0v) is 20.2. The number of ether oxygens (including phenoxy) is 3. The van der Waals surface area contributed by atoms with Crippen LogP contribution in [-0.2, 0) is 9.53 Å². The smallest absolute Gasteiger partial charge is 0.341 e. The SMILES string of the molecule is CCN(CC)C(=O)c1sc(NC(=O)/C=C/c2ccc3c(c2)OCO3)c(C(=O)OC(C)C)c1C. The van der Waals surface area contributed by atoms with Crippen LogP contribution >= 0.6 is 11.3 Å². The highest BCUT2D eigenvalue weighted by atomic mass is 32.1. The topological polar surface area (TPSA) is 94.2 Å². The normalized spacial score (nSPS) is 12.3. The Balaban J connectivity index is 1.86. The van der Waals surface area contributed by atoms with E-state index in [4.69, 9.17) is 14.2 Å². The van der Waals surface area contributed by atoms with Crippen molar-refractivity contribution in [2.24, 2.45) is 0 Å². The summed E-state index contributed by atoms with van der Waals surface area (Å²) in [5, 5.41) is 3.03. The van der Waals surface area contributed by atoms with E-state index in [1.54, 1.807) is 49.9 Å². The Hall–Kier alpha value is -3.33. The molecule has 0 atom stereocenters. The van der Waals surface area contributed by atoms with Crippen LogP contribution in [0.25, 0.3) is 6.08 Å². The van der Waals surface area contributed by atoms with Gasteiger partial charge in [0.15, 0.2) is 11.5 Å². The quantitative estimate of drug-likeness (QED) is 0.450. The number of thiophene rings is 1. The maximum Gasteiger partial charge on any atom is 0.341 e. The standard InChI is InChI=1S/C24H28N2O6S/c1-6-26(7-2)23(28)21-15(5)20(24(29)32-14(3)4)22(33-21)25-19(27)11-9-16-8-10-17-18(12-16)31-13-30-17/h8-12,14H,6-7,13H2,1-5H3,(H,25,27)/b11-9+. The summed E-state index contributed by atoms with van der Waals surface area (Å²) in [6, 6.07) is 5.35. The summed E-state index contributed by atoms with van der Waals surface area (Å²) in [4.78, 5) is 40.5. The van der Waals surface area contributed by atoms with Crippen molar-refractivity contribution in [3.05, 3.63) is 45.8 Å². The van der Waals surface area contributed by atoms with Crippen LogP contribution in [0.5, 0.6) is 11.5 Å². The number of carbonyl (C=O) groups is 3. The summed E-state index contributed by atoms with van der Waals surface area (Å²) >= 11 is 1.08. The Morgan fingerprint density at radius 1 is 1.18 bits per heavy atom. The number of benzene rings is 1. The molecule has 0 saturated heterocycles. The van der Waals surface area contributed by atoms with Gasteiger partial charge in [-0.1, -0.05) is 6.07 Å². The highest BCUT2D eigenvalue weighted by molar-refractivity contribution is 7.18. The summed E-state index contributed by atoms with van der Waals surface area (Å²) in [5.41, 5.74) is 1.46. The average molecular weight is 473 g/mol. The van der Waals surface area contributed by atoms with Gasteiger partial charge >= 0.3 is 5.97 Å². The third-order valence-corrected chi connectivity index (χ3v) is 6.19. The van der Waals surface area contributed by atoms with E-state index >= 15 is 0 Å². The number of amides is 2. The van der Waals surface area contributed by atoms with E-state index in [0.29, 0.717) is 35.0 Å². The van der Waals surface area contributed by atoms with Gasteiger partial charge in [0.05, 0.1) is 16.5 Å². The minimum Gasteiger partial charge on any atom is -0.459 e. The fourth-order valence-corrected chi connectivity index (χ4v) is 4.49. The second-order valence-corrected chi connectivity index (χ2v) is 8.65. The molecule has 33 heavy (non-hydrogen) atoms. The van der Waals surface area contributed by atoms with Crippen molar-refractivity contribution in [3.63, 3.8) is 0 Å². The summed E-state index contributed by atoms with van der Waals surface area (Å²) in [5.74, 6) is 0.0772. The van der Waals surface area contributed by atoms with Crippen molar-refractivity contribution in [1.29, 1.82) is 0 Å². The molecule has 1 aromatic heterocycles. The molecule has 2 amide bonds. The van der Waals surface area contributed by atoms with Gasteiger partial charge in [-0.15, -0.1) is 11.3 Å². The van der Waals surface area contributed by atoms with Gasteiger partial charge in [-0.05, 0) is 64.0 Å². The number of rotatable bonds is 8. The number of fused-ring (bicyclic) bond motifs is 1. The van der Waals surface area contributed by atoms with E-state index in [1.807, 2.05) is 13.8 Å². The molecule has 176 valence electrons. The van der Waals surface area contributed by atoms with Crippen LogP contribution in [0.15, 0.2) is 24.3 Å². The van der Waals surface area contributed by atoms with Gasteiger partial charge in [-0.25, -0.2) is 4.79 Å². The molecular formula is C24H28N2O6S. The van der Waals surface area contributed by atoms with Crippen molar-refractivity contribution < 1.29 is 28.6 Å². The second kappa shape index (κ2) is 10.5. The average Bonchev–Trinajstić information content (AvgIpc) is 3.36. The second-order valence-electron chi connectivity index (χ2n) is 7.63. The third-order valence-electron chi connectivity index (χ3n) is 5.00. The molecule has 0 aliphatic carbocycles. The lowest BCUT2D eigenvalue weighted by molar-refractivity contribution is -0.111. The molecule has 1 N–H and O–H groups in total. The number of hydrogen-bond acceptors (Lipinski definition) is 7. The van der Waals surface area contributed by atoms with Crippen molar-refractivity contribution in [2.45, 2.75) is 40.7 Å². The fraction of sp³-hybridized carbons (Fsp3) is 0.375. The van der Waals surface area contributed by atoms with Gasteiger partial charge in [-0.2, -0.15) is 0 Å². The van der Waals surface area contributed by atoms with Crippen LogP contribution in [-0.4, -0.2) is 48.7 Å². The summed E-state index contributed by atoms with van der Waals surface area (Å²) in [6.07, 6.45) is 2.65. The van der Waals surface area contributed by atoms with E-state index in [1.165, 1.54) is 6.08 Å². The first-order chi connectivity index (χ1) is 15.7. The number of nitrogens with one attached hydrogen (secondary N) is 1. The van der Waals surface area contributed by atoms with E-state index in [2.05, 4.69) is 5.32 Å². The first-order valence-electron chi connectivity index (χ1n) is 10.8. The lowest BCUT2D eigenvalue weighted by Gasteiger charge is -2.18. The fourth-order valence-electron chi connectivity index (χ4n) is 3.32. The molecule has 8 nitrogen and oxygen atoms in total. The minimum atomic E-state index is -0.576. The van der Waals surface area contributed by atoms with Gasteiger partial charge in [0.1, 0.15) is 5.00 Å². The van der Waals surface area contributed by atoms with E-state index in [9.17, 15) is 14.4 Å². The van der Waals surface area contributed by atoms with E-state index in [0.717, 1.165) is 16.9 Å². The zero-order valence-electron chi connectivity index (χ0n) is 19.4.